The van der Waals surface area contributed by atoms with E-state index in [0.717, 1.165) is 0 Å². The van der Waals surface area contributed by atoms with Crippen molar-refractivity contribution in [3.8, 4) is 0 Å². The summed E-state index contributed by atoms with van der Waals surface area (Å²) in [5.41, 5.74) is 16.0. The Bertz CT molecular complexity index is 648. The topological polar surface area (TPSA) is 240 Å². The summed E-state index contributed by atoms with van der Waals surface area (Å²) >= 11 is 4.00. The van der Waals surface area contributed by atoms with E-state index >= 15 is 0 Å². The fourth-order valence-electron chi connectivity index (χ4n) is 2.46. The molecule has 0 heterocycles. The SMILES string of the molecule is CC(O)C(NC(=O)C(CCCCN)NC(=O)C(CS)NC(=O)C(N)CC(N)=O)C(=O)O. The monoisotopic (exact) mass is 464 g/mol. The summed E-state index contributed by atoms with van der Waals surface area (Å²) in [5.74, 6) is -4.79. The van der Waals surface area contributed by atoms with Crippen LogP contribution in [0.5, 0.6) is 0 Å². The van der Waals surface area contributed by atoms with Crippen LogP contribution >= 0.6 is 12.6 Å². The van der Waals surface area contributed by atoms with Crippen LogP contribution < -0.4 is 33.2 Å². The average Bonchev–Trinajstić information content (AvgIpc) is 2.67. The highest BCUT2D eigenvalue weighted by molar-refractivity contribution is 7.80. The maximum absolute atomic E-state index is 12.6. The number of carboxylic acids is 1. The Morgan fingerprint density at radius 2 is 1.52 bits per heavy atom. The first-order valence-corrected chi connectivity index (χ1v) is 10.2. The molecule has 0 bridgehead atoms. The number of aliphatic hydroxyl groups is 1. The largest absolute Gasteiger partial charge is 0.480 e. The number of carbonyl (C=O) groups excluding carboxylic acids is 4. The molecular formula is C17H32N6O7S. The lowest BCUT2D eigenvalue weighted by atomic mass is 10.1. The van der Waals surface area contributed by atoms with Crippen LogP contribution in [0.3, 0.4) is 0 Å². The van der Waals surface area contributed by atoms with Crippen LogP contribution in [0.4, 0.5) is 0 Å². The number of amides is 4. The number of rotatable bonds is 15. The van der Waals surface area contributed by atoms with E-state index in [1.54, 1.807) is 0 Å². The zero-order valence-corrected chi connectivity index (χ0v) is 18.1. The second kappa shape index (κ2) is 14.6. The summed E-state index contributed by atoms with van der Waals surface area (Å²) in [6.07, 6.45) is -0.671. The summed E-state index contributed by atoms with van der Waals surface area (Å²) in [4.78, 5) is 59.3. The summed E-state index contributed by atoms with van der Waals surface area (Å²) in [6, 6.07) is -5.18. The third-order valence-corrected chi connectivity index (χ3v) is 4.56. The van der Waals surface area contributed by atoms with Crippen LogP contribution in [0, 0.1) is 0 Å². The third-order valence-electron chi connectivity index (χ3n) is 4.20. The number of thiol groups is 1. The molecular weight excluding hydrogens is 432 g/mol. The molecule has 0 spiro atoms. The van der Waals surface area contributed by atoms with Crippen LogP contribution in [-0.2, 0) is 24.0 Å². The van der Waals surface area contributed by atoms with Gasteiger partial charge in [-0.2, -0.15) is 12.6 Å². The van der Waals surface area contributed by atoms with Crippen molar-refractivity contribution < 1.29 is 34.2 Å². The lowest BCUT2D eigenvalue weighted by molar-refractivity contribution is -0.145. The molecule has 0 aliphatic heterocycles. The Labute approximate surface area is 185 Å². The maximum Gasteiger partial charge on any atom is 0.328 e. The van der Waals surface area contributed by atoms with E-state index in [4.69, 9.17) is 22.3 Å². The van der Waals surface area contributed by atoms with Gasteiger partial charge in [0.1, 0.15) is 12.1 Å². The fourth-order valence-corrected chi connectivity index (χ4v) is 2.72. The molecule has 4 amide bonds. The van der Waals surface area contributed by atoms with Gasteiger partial charge in [-0.25, -0.2) is 4.79 Å². The number of unbranched alkanes of at least 4 members (excludes halogenated alkanes) is 1. The second-order valence-corrected chi connectivity index (χ2v) is 7.30. The number of aliphatic hydroxyl groups excluding tert-OH is 1. The van der Waals surface area contributed by atoms with Gasteiger partial charge in [0.2, 0.25) is 23.6 Å². The van der Waals surface area contributed by atoms with E-state index in [9.17, 15) is 29.1 Å². The highest BCUT2D eigenvalue weighted by atomic mass is 32.1. The van der Waals surface area contributed by atoms with Gasteiger partial charge in [0.25, 0.3) is 0 Å². The van der Waals surface area contributed by atoms with Crippen molar-refractivity contribution in [3.05, 3.63) is 0 Å². The van der Waals surface area contributed by atoms with E-state index in [1.165, 1.54) is 6.92 Å². The van der Waals surface area contributed by atoms with Crippen molar-refractivity contribution in [1.29, 1.82) is 0 Å². The van der Waals surface area contributed by atoms with E-state index < -0.39 is 66.3 Å². The second-order valence-electron chi connectivity index (χ2n) is 6.93. The Hall–Kier alpha value is -2.42. The molecule has 31 heavy (non-hydrogen) atoms. The fraction of sp³-hybridized carbons (Fsp3) is 0.706. The van der Waals surface area contributed by atoms with Gasteiger partial charge in [-0.15, -0.1) is 0 Å². The Balaban J connectivity index is 5.26. The molecule has 0 saturated heterocycles. The third kappa shape index (κ3) is 11.0. The number of aliphatic carboxylic acids is 1. The number of nitrogens with two attached hydrogens (primary N) is 3. The van der Waals surface area contributed by atoms with Gasteiger partial charge in [-0.05, 0) is 32.7 Å². The lowest BCUT2D eigenvalue weighted by Crippen LogP contribution is -2.58. The molecule has 0 aromatic rings. The number of hydrogen-bond acceptors (Lipinski definition) is 9. The summed E-state index contributed by atoms with van der Waals surface area (Å²) < 4.78 is 0. The van der Waals surface area contributed by atoms with Crippen LogP contribution in [0.15, 0.2) is 0 Å². The first-order chi connectivity index (χ1) is 14.4. The van der Waals surface area contributed by atoms with Crippen LogP contribution in [0.2, 0.25) is 0 Å². The predicted octanol–water partition coefficient (Wildman–Crippen LogP) is -3.83. The minimum absolute atomic E-state index is 0.134. The van der Waals surface area contributed by atoms with Crippen LogP contribution in [-0.4, -0.2) is 82.4 Å². The van der Waals surface area contributed by atoms with E-state index in [0.29, 0.717) is 19.4 Å². The summed E-state index contributed by atoms with van der Waals surface area (Å²) in [5, 5.41) is 25.6. The molecule has 0 fully saturated rings. The molecule has 5 unspecified atom stereocenters. The molecule has 11 N–H and O–H groups in total. The number of hydrogen-bond donors (Lipinski definition) is 9. The average molecular weight is 465 g/mol. The van der Waals surface area contributed by atoms with Gasteiger partial charge in [0.15, 0.2) is 6.04 Å². The predicted molar refractivity (Wildman–Crippen MR) is 114 cm³/mol. The number of nitrogens with one attached hydrogen (secondary N) is 3. The van der Waals surface area contributed by atoms with Gasteiger partial charge >= 0.3 is 5.97 Å². The minimum atomic E-state index is -1.58. The normalized spacial score (nSPS) is 15.6. The van der Waals surface area contributed by atoms with E-state index in [1.807, 2.05) is 0 Å². The van der Waals surface area contributed by atoms with Crippen molar-refractivity contribution >= 4 is 42.2 Å². The van der Waals surface area contributed by atoms with Crippen molar-refractivity contribution in [3.63, 3.8) is 0 Å². The van der Waals surface area contributed by atoms with E-state index in [-0.39, 0.29) is 12.2 Å². The molecule has 0 rings (SSSR count). The summed E-state index contributed by atoms with van der Waals surface area (Å²) in [6.45, 7) is 1.55. The van der Waals surface area contributed by atoms with Crippen LogP contribution in [0.1, 0.15) is 32.6 Å². The molecule has 0 aliphatic carbocycles. The number of carboxylic acid groups (broad SMARTS) is 1. The molecule has 0 aromatic heterocycles. The van der Waals surface area contributed by atoms with Crippen LogP contribution in [0.25, 0.3) is 0 Å². The Kier molecular flexibility index (Phi) is 13.4. The van der Waals surface area contributed by atoms with Gasteiger partial charge < -0.3 is 43.4 Å². The Morgan fingerprint density at radius 3 is 1.97 bits per heavy atom. The maximum atomic E-state index is 12.6. The Morgan fingerprint density at radius 1 is 0.968 bits per heavy atom. The zero-order valence-electron chi connectivity index (χ0n) is 17.2. The molecule has 0 aromatic carbocycles. The number of carbonyl (C=O) groups is 5. The van der Waals surface area contributed by atoms with Crippen molar-refractivity contribution in [1.82, 2.24) is 16.0 Å². The van der Waals surface area contributed by atoms with Crippen molar-refractivity contribution in [2.75, 3.05) is 12.3 Å². The van der Waals surface area contributed by atoms with Gasteiger partial charge in [-0.1, -0.05) is 0 Å². The van der Waals surface area contributed by atoms with Gasteiger partial charge in [-0.3, -0.25) is 19.2 Å². The summed E-state index contributed by atoms with van der Waals surface area (Å²) in [7, 11) is 0. The van der Waals surface area contributed by atoms with Crippen molar-refractivity contribution in [2.45, 2.75) is 62.9 Å². The highest BCUT2D eigenvalue weighted by Gasteiger charge is 2.31. The molecule has 13 nitrogen and oxygen atoms in total. The number of primary amides is 1. The van der Waals surface area contributed by atoms with Gasteiger partial charge in [0.05, 0.1) is 18.6 Å². The first kappa shape index (κ1) is 28.6. The highest BCUT2D eigenvalue weighted by Crippen LogP contribution is 2.04. The first-order valence-electron chi connectivity index (χ1n) is 9.61. The smallest absolute Gasteiger partial charge is 0.328 e. The molecule has 0 radical (unpaired) electrons. The van der Waals surface area contributed by atoms with Gasteiger partial charge in [0, 0.05) is 5.75 Å². The zero-order chi connectivity index (χ0) is 24.1. The molecule has 5 atom stereocenters. The quantitative estimate of drug-likeness (QED) is 0.0850. The molecule has 0 saturated carbocycles. The lowest BCUT2D eigenvalue weighted by Gasteiger charge is -2.25. The minimum Gasteiger partial charge on any atom is -0.480 e. The molecule has 14 heteroatoms. The van der Waals surface area contributed by atoms with E-state index in [2.05, 4.69) is 28.6 Å². The standard InChI is InChI=1S/C17H32N6O7S/c1-8(24)13(17(29)30)23-15(27)10(4-2-3-5-18)21-16(28)11(7-31)22-14(26)9(19)6-12(20)25/h8-11,13,24,31H,2-7,18-19H2,1H3,(H2,20,25)(H,21,28)(H,22,26)(H,23,27)(H,29,30). The molecule has 178 valence electrons. The van der Waals surface area contributed by atoms with Crippen molar-refractivity contribution in [2.24, 2.45) is 17.2 Å². The molecule has 0 aliphatic rings.